The highest BCUT2D eigenvalue weighted by atomic mass is 35.5. The normalized spacial score (nSPS) is 11.8. The van der Waals surface area contributed by atoms with Gasteiger partial charge in [-0.1, -0.05) is 29.8 Å². The number of hydrogen-bond acceptors (Lipinski definition) is 5. The number of halogens is 3. The smallest absolute Gasteiger partial charge is 0.387 e. The van der Waals surface area contributed by atoms with Crippen molar-refractivity contribution in [3.05, 3.63) is 64.3 Å². The van der Waals surface area contributed by atoms with Crippen molar-refractivity contribution in [2.45, 2.75) is 6.61 Å². The summed E-state index contributed by atoms with van der Waals surface area (Å²) >= 11 is 6.21. The molecule has 0 bridgehead atoms. The first-order valence-electron chi connectivity index (χ1n) is 7.38. The van der Waals surface area contributed by atoms with Gasteiger partial charge in [0.2, 0.25) is 5.89 Å². The average molecular weight is 380 g/mol. The van der Waals surface area contributed by atoms with Crippen LogP contribution in [0.4, 0.5) is 8.78 Å². The molecule has 2 aromatic carbocycles. The highest BCUT2D eigenvalue weighted by molar-refractivity contribution is 6.50. The summed E-state index contributed by atoms with van der Waals surface area (Å²) in [5.74, 6) is -0.0511. The molecule has 134 valence electrons. The lowest BCUT2D eigenvalue weighted by molar-refractivity contribution is -0.0512. The van der Waals surface area contributed by atoms with Crippen LogP contribution in [0.3, 0.4) is 0 Å². The number of nitrogens with zero attached hydrogens (tertiary/aromatic N) is 1. The summed E-state index contributed by atoms with van der Waals surface area (Å²) < 4.78 is 39.3. The topological polar surface area (TPSA) is 61.6 Å². The summed E-state index contributed by atoms with van der Waals surface area (Å²) in [6.07, 6.45) is 1.47. The van der Waals surface area contributed by atoms with Gasteiger partial charge in [-0.3, -0.25) is 0 Å². The molecule has 1 aromatic heterocycles. The van der Waals surface area contributed by atoms with E-state index < -0.39 is 12.2 Å². The van der Waals surface area contributed by atoms with Crippen LogP contribution in [-0.2, 0) is 0 Å². The largest absolute Gasteiger partial charge is 0.493 e. The van der Waals surface area contributed by atoms with Crippen molar-refractivity contribution in [1.29, 1.82) is 0 Å². The van der Waals surface area contributed by atoms with Gasteiger partial charge in [0.15, 0.2) is 11.5 Å². The summed E-state index contributed by atoms with van der Waals surface area (Å²) in [6, 6.07) is 11.0. The molecule has 0 aliphatic rings. The number of benzene rings is 2. The van der Waals surface area contributed by atoms with Crippen LogP contribution < -0.4 is 15.1 Å². The minimum Gasteiger partial charge on any atom is -0.493 e. The highest BCUT2D eigenvalue weighted by Crippen LogP contribution is 2.31. The third-order valence-electron chi connectivity index (χ3n) is 3.44. The predicted molar refractivity (Wildman–Crippen MR) is 93.6 cm³/mol. The van der Waals surface area contributed by atoms with E-state index in [2.05, 4.69) is 9.72 Å². The van der Waals surface area contributed by atoms with E-state index in [1.807, 2.05) is 0 Å². The average Bonchev–Trinajstić information content (AvgIpc) is 2.62. The Morgan fingerprint density at radius 2 is 2.00 bits per heavy atom. The molecule has 0 aliphatic carbocycles. The second-order valence-electron chi connectivity index (χ2n) is 5.10. The molecule has 3 rings (SSSR count). The molecule has 0 saturated carbocycles. The van der Waals surface area contributed by atoms with Crippen molar-refractivity contribution in [3.8, 4) is 11.5 Å². The van der Waals surface area contributed by atoms with Gasteiger partial charge >= 0.3 is 12.2 Å². The number of fused-ring (bicyclic) bond motifs is 1. The summed E-state index contributed by atoms with van der Waals surface area (Å²) in [6.45, 7) is -2.97. The van der Waals surface area contributed by atoms with E-state index in [0.29, 0.717) is 16.5 Å². The van der Waals surface area contributed by atoms with E-state index in [-0.39, 0.29) is 22.4 Å². The molecular weight excluding hydrogens is 368 g/mol. The maximum Gasteiger partial charge on any atom is 0.387 e. The quantitative estimate of drug-likeness (QED) is 0.651. The molecule has 0 fully saturated rings. The Morgan fingerprint density at radius 1 is 1.23 bits per heavy atom. The van der Waals surface area contributed by atoms with Gasteiger partial charge in [-0.15, -0.1) is 0 Å². The van der Waals surface area contributed by atoms with Gasteiger partial charge in [-0.2, -0.15) is 8.78 Å². The standard InChI is InChI=1S/C18H12ClF2NO4/c1-24-15-9-10(6-7-14(15)25-18(20)21)8-12(19)16-22-13-5-3-2-4-11(13)17(23)26-16/h2-9,18H,1H3/b12-8-. The number of hydrogen-bond donors (Lipinski definition) is 0. The van der Waals surface area contributed by atoms with Crippen molar-refractivity contribution in [2.75, 3.05) is 7.11 Å². The van der Waals surface area contributed by atoms with E-state index >= 15 is 0 Å². The zero-order chi connectivity index (χ0) is 18.7. The highest BCUT2D eigenvalue weighted by Gasteiger charge is 2.12. The predicted octanol–water partition coefficient (Wildman–Crippen LogP) is 4.53. The molecule has 0 radical (unpaired) electrons. The van der Waals surface area contributed by atoms with Gasteiger partial charge in [-0.25, -0.2) is 9.78 Å². The van der Waals surface area contributed by atoms with E-state index in [1.54, 1.807) is 24.3 Å². The summed E-state index contributed by atoms with van der Waals surface area (Å²) in [5, 5.41) is 0.410. The van der Waals surface area contributed by atoms with Crippen molar-refractivity contribution >= 4 is 33.6 Å². The molecule has 0 N–H and O–H groups in total. The van der Waals surface area contributed by atoms with Crippen molar-refractivity contribution in [3.63, 3.8) is 0 Å². The first kappa shape index (κ1) is 17.9. The van der Waals surface area contributed by atoms with Gasteiger partial charge in [0.1, 0.15) is 5.03 Å². The summed E-state index contributed by atoms with van der Waals surface area (Å²) in [5.41, 5.74) is 0.407. The monoisotopic (exact) mass is 379 g/mol. The molecule has 5 nitrogen and oxygen atoms in total. The fourth-order valence-electron chi connectivity index (χ4n) is 2.30. The minimum atomic E-state index is -2.97. The molecular formula is C18H12ClF2NO4. The lowest BCUT2D eigenvalue weighted by Crippen LogP contribution is -2.04. The van der Waals surface area contributed by atoms with Gasteiger partial charge in [0, 0.05) is 0 Å². The summed E-state index contributed by atoms with van der Waals surface area (Å²) in [7, 11) is 1.33. The van der Waals surface area contributed by atoms with E-state index in [1.165, 1.54) is 31.4 Å². The molecule has 0 spiro atoms. The molecule has 3 aromatic rings. The third kappa shape index (κ3) is 3.83. The lowest BCUT2D eigenvalue weighted by Gasteiger charge is -2.10. The molecule has 0 saturated heterocycles. The first-order chi connectivity index (χ1) is 12.5. The Kier molecular flexibility index (Phi) is 5.18. The van der Waals surface area contributed by atoms with E-state index in [9.17, 15) is 13.6 Å². The van der Waals surface area contributed by atoms with Crippen LogP contribution in [0.25, 0.3) is 22.0 Å². The van der Waals surface area contributed by atoms with Gasteiger partial charge < -0.3 is 13.9 Å². The van der Waals surface area contributed by atoms with Crippen molar-refractivity contribution in [2.24, 2.45) is 0 Å². The third-order valence-corrected chi connectivity index (χ3v) is 3.71. The fourth-order valence-corrected chi connectivity index (χ4v) is 2.50. The van der Waals surface area contributed by atoms with Gasteiger partial charge in [-0.05, 0) is 35.9 Å². The molecule has 1 heterocycles. The molecule has 8 heteroatoms. The number of rotatable bonds is 5. The van der Waals surface area contributed by atoms with Crippen molar-refractivity contribution < 1.29 is 22.7 Å². The minimum absolute atomic E-state index is 0.0535. The molecule has 0 aliphatic heterocycles. The zero-order valence-electron chi connectivity index (χ0n) is 13.4. The zero-order valence-corrected chi connectivity index (χ0v) is 14.2. The second-order valence-corrected chi connectivity index (χ2v) is 5.51. The maximum absolute atomic E-state index is 12.4. The lowest BCUT2D eigenvalue weighted by atomic mass is 10.2. The van der Waals surface area contributed by atoms with Crippen LogP contribution in [0, 0.1) is 0 Å². The number of aromatic nitrogens is 1. The van der Waals surface area contributed by atoms with Crippen LogP contribution in [0.5, 0.6) is 11.5 Å². The molecule has 0 atom stereocenters. The fraction of sp³-hybridized carbons (Fsp3) is 0.111. The maximum atomic E-state index is 12.4. The van der Waals surface area contributed by atoms with Crippen LogP contribution in [0.15, 0.2) is 51.7 Å². The van der Waals surface area contributed by atoms with Gasteiger partial charge in [0.05, 0.1) is 18.0 Å². The van der Waals surface area contributed by atoms with Gasteiger partial charge in [0.25, 0.3) is 0 Å². The Hall–Kier alpha value is -2.93. The molecule has 0 unspecified atom stereocenters. The second kappa shape index (κ2) is 7.53. The number of alkyl halides is 2. The van der Waals surface area contributed by atoms with Crippen LogP contribution in [-0.4, -0.2) is 18.7 Å². The number of para-hydroxylation sites is 1. The molecule has 0 amide bonds. The Bertz CT molecular complexity index is 1030. The molecule has 26 heavy (non-hydrogen) atoms. The Morgan fingerprint density at radius 3 is 2.73 bits per heavy atom. The van der Waals surface area contributed by atoms with Crippen molar-refractivity contribution in [1.82, 2.24) is 4.98 Å². The van der Waals surface area contributed by atoms with E-state index in [0.717, 1.165) is 0 Å². The number of methoxy groups -OCH3 is 1. The van der Waals surface area contributed by atoms with Crippen LogP contribution in [0.1, 0.15) is 11.5 Å². The van der Waals surface area contributed by atoms with E-state index in [4.69, 9.17) is 20.8 Å². The SMILES string of the molecule is COc1cc(/C=C(\Cl)c2nc3ccccc3c(=O)o2)ccc1OC(F)F. The first-order valence-corrected chi connectivity index (χ1v) is 7.76. The summed E-state index contributed by atoms with van der Waals surface area (Å²) in [4.78, 5) is 16.2. The Balaban J connectivity index is 1.98. The van der Waals surface area contributed by atoms with Crippen LogP contribution in [0.2, 0.25) is 0 Å². The van der Waals surface area contributed by atoms with Crippen LogP contribution >= 0.6 is 11.6 Å². The number of ether oxygens (including phenoxy) is 2. The Labute approximate surface area is 151 Å².